The van der Waals surface area contributed by atoms with Gasteiger partial charge in [0.1, 0.15) is 5.82 Å². The van der Waals surface area contributed by atoms with Crippen LogP contribution < -0.4 is 11.1 Å². The first kappa shape index (κ1) is 27.1. The first-order chi connectivity index (χ1) is 14.4. The molecule has 2 aromatic rings. The number of hydrogen-bond donors (Lipinski definition) is 3. The van der Waals surface area contributed by atoms with Crippen molar-refractivity contribution in [2.75, 3.05) is 17.2 Å². The molecule has 1 aliphatic rings. The zero-order chi connectivity index (χ0) is 23.0. The Morgan fingerprint density at radius 2 is 1.88 bits per heavy atom. The molecule has 9 heteroatoms. The smallest absolute Gasteiger partial charge is 0.152 e. The van der Waals surface area contributed by atoms with Crippen LogP contribution in [0, 0.1) is 11.7 Å². The van der Waals surface area contributed by atoms with E-state index in [2.05, 4.69) is 54.2 Å². The Kier molecular flexibility index (Phi) is 8.78. The fourth-order valence-corrected chi connectivity index (χ4v) is 6.46. The molecule has 4 N–H and O–H groups in total. The molecule has 3 atom stereocenters. The average Bonchev–Trinajstić information content (AvgIpc) is 2.66. The highest BCUT2D eigenvalue weighted by Crippen LogP contribution is 2.29. The monoisotopic (exact) mass is 548 g/mol. The van der Waals surface area contributed by atoms with E-state index < -0.39 is 33.7 Å². The highest BCUT2D eigenvalue weighted by molar-refractivity contribution is 9.10. The largest absolute Gasteiger partial charge is 0.395 e. The lowest BCUT2D eigenvalue weighted by molar-refractivity contribution is 0.0781. The summed E-state index contributed by atoms with van der Waals surface area (Å²) in [4.78, 5) is 0. The Morgan fingerprint density at radius 1 is 1.19 bits per heavy atom. The summed E-state index contributed by atoms with van der Waals surface area (Å²) in [5.41, 5.74) is 8.47. The van der Waals surface area contributed by atoms with Gasteiger partial charge >= 0.3 is 0 Å². The standard InChI is InChI=1S/C23H30BrFN2O3S.ClH/c1-23(2,3)17-6-4-5-14(8-17)11-27-20-13-31(29,30)12-16(22(20)28)7-15-9-18(24)21(26)19(25)10-15;/h4-6,8-10,16,20,22,27-28H,7,11-13,26H2,1-3H3;1H/t16-,20+,22+;/m1./s1. The fraction of sp³-hybridized carbons (Fsp3) is 0.478. The van der Waals surface area contributed by atoms with E-state index in [9.17, 15) is 17.9 Å². The molecule has 2 aromatic carbocycles. The molecule has 0 aromatic heterocycles. The van der Waals surface area contributed by atoms with Crippen molar-refractivity contribution in [3.8, 4) is 0 Å². The number of nitrogens with two attached hydrogens (primary N) is 1. The molecule has 1 aliphatic heterocycles. The Hall–Kier alpha value is -1.19. The van der Waals surface area contributed by atoms with Gasteiger partial charge in [-0.1, -0.05) is 45.0 Å². The number of nitrogens with one attached hydrogen (secondary N) is 1. The van der Waals surface area contributed by atoms with Crippen LogP contribution in [0.4, 0.5) is 10.1 Å². The van der Waals surface area contributed by atoms with Crippen molar-refractivity contribution in [1.29, 1.82) is 0 Å². The maximum Gasteiger partial charge on any atom is 0.152 e. The lowest BCUT2D eigenvalue weighted by Gasteiger charge is -2.35. The molecule has 1 heterocycles. The predicted molar refractivity (Wildman–Crippen MR) is 133 cm³/mol. The van der Waals surface area contributed by atoms with Crippen LogP contribution >= 0.6 is 28.3 Å². The van der Waals surface area contributed by atoms with Gasteiger partial charge in [0, 0.05) is 23.0 Å². The van der Waals surface area contributed by atoms with Gasteiger partial charge in [0.05, 0.1) is 23.3 Å². The van der Waals surface area contributed by atoms with Gasteiger partial charge in [-0.15, -0.1) is 12.4 Å². The summed E-state index contributed by atoms with van der Waals surface area (Å²) in [7, 11) is -3.35. The highest BCUT2D eigenvalue weighted by atomic mass is 79.9. The average molecular weight is 550 g/mol. The summed E-state index contributed by atoms with van der Waals surface area (Å²) < 4.78 is 39.5. The number of sulfone groups is 1. The summed E-state index contributed by atoms with van der Waals surface area (Å²) >= 11 is 3.22. The molecule has 0 aliphatic carbocycles. The molecule has 0 unspecified atom stereocenters. The molecular formula is C23H31BrClFN2O3S. The molecular weight excluding hydrogens is 519 g/mol. The Bertz CT molecular complexity index is 1040. The van der Waals surface area contributed by atoms with Crippen molar-refractivity contribution in [3.05, 3.63) is 63.4 Å². The van der Waals surface area contributed by atoms with Crippen molar-refractivity contribution in [3.63, 3.8) is 0 Å². The number of hydrogen-bond acceptors (Lipinski definition) is 5. The lowest BCUT2D eigenvalue weighted by Crippen LogP contribution is -2.54. The third-order valence-electron chi connectivity index (χ3n) is 5.79. The fourth-order valence-electron chi connectivity index (χ4n) is 4.01. The van der Waals surface area contributed by atoms with E-state index >= 15 is 0 Å². The molecule has 1 fully saturated rings. The Morgan fingerprint density at radius 3 is 2.50 bits per heavy atom. The van der Waals surface area contributed by atoms with E-state index in [1.165, 1.54) is 11.6 Å². The number of halogens is 3. The molecule has 0 radical (unpaired) electrons. The maximum atomic E-state index is 14.0. The third kappa shape index (κ3) is 6.67. The third-order valence-corrected chi connectivity index (χ3v) is 8.25. The lowest BCUT2D eigenvalue weighted by atomic mass is 9.86. The number of aliphatic hydroxyl groups excluding tert-OH is 1. The van der Waals surface area contributed by atoms with Crippen LogP contribution in [0.15, 0.2) is 40.9 Å². The SMILES string of the molecule is CC(C)(C)c1cccc(CN[C@H]2CS(=O)(=O)C[C@@H](Cc3cc(F)c(N)c(Br)c3)[C@@H]2O)c1.Cl. The molecule has 5 nitrogen and oxygen atoms in total. The minimum absolute atomic E-state index is 0. The number of anilines is 1. The predicted octanol–water partition coefficient (Wildman–Crippen LogP) is 4.00. The number of rotatable bonds is 5. The topological polar surface area (TPSA) is 92.4 Å². The van der Waals surface area contributed by atoms with Gasteiger partial charge in [0.2, 0.25) is 0 Å². The first-order valence-electron chi connectivity index (χ1n) is 10.3. The molecule has 32 heavy (non-hydrogen) atoms. The Balaban J connectivity index is 0.00000363. The van der Waals surface area contributed by atoms with E-state index in [-0.39, 0.29) is 41.4 Å². The number of benzene rings is 2. The maximum absolute atomic E-state index is 14.0. The van der Waals surface area contributed by atoms with E-state index in [0.29, 0.717) is 16.6 Å². The van der Waals surface area contributed by atoms with E-state index in [4.69, 9.17) is 5.73 Å². The summed E-state index contributed by atoms with van der Waals surface area (Å²) in [6, 6.07) is 10.5. The Labute approximate surface area is 204 Å². The van der Waals surface area contributed by atoms with Gasteiger partial charge in [-0.2, -0.15) is 0 Å². The van der Waals surface area contributed by atoms with Gasteiger partial charge < -0.3 is 16.2 Å². The van der Waals surface area contributed by atoms with Crippen LogP contribution in [-0.2, 0) is 28.2 Å². The van der Waals surface area contributed by atoms with Crippen LogP contribution in [0.1, 0.15) is 37.5 Å². The minimum Gasteiger partial charge on any atom is -0.395 e. The van der Waals surface area contributed by atoms with Crippen molar-refractivity contribution >= 4 is 43.9 Å². The van der Waals surface area contributed by atoms with Gasteiger partial charge in [-0.05, 0) is 56.6 Å². The van der Waals surface area contributed by atoms with Crippen molar-refractivity contribution < 1.29 is 17.9 Å². The van der Waals surface area contributed by atoms with Crippen molar-refractivity contribution in [1.82, 2.24) is 5.32 Å². The van der Waals surface area contributed by atoms with Crippen LogP contribution in [0.25, 0.3) is 0 Å². The van der Waals surface area contributed by atoms with Crippen LogP contribution in [0.2, 0.25) is 0 Å². The van der Waals surface area contributed by atoms with Crippen LogP contribution in [0.5, 0.6) is 0 Å². The second-order valence-corrected chi connectivity index (χ2v) is 12.5. The number of aliphatic hydroxyl groups is 1. The normalized spacial score (nSPS) is 22.9. The minimum atomic E-state index is -3.35. The number of nitrogen functional groups attached to an aromatic ring is 1. The van der Waals surface area contributed by atoms with Gasteiger partial charge in [0.25, 0.3) is 0 Å². The second-order valence-electron chi connectivity index (χ2n) is 9.44. The quantitative estimate of drug-likeness (QED) is 0.491. The van der Waals surface area contributed by atoms with Crippen molar-refractivity contribution in [2.24, 2.45) is 5.92 Å². The molecule has 1 saturated heterocycles. The van der Waals surface area contributed by atoms with E-state index in [1.54, 1.807) is 6.07 Å². The zero-order valence-corrected chi connectivity index (χ0v) is 21.7. The van der Waals surface area contributed by atoms with Gasteiger partial charge in [-0.3, -0.25) is 0 Å². The van der Waals surface area contributed by atoms with Gasteiger partial charge in [0.15, 0.2) is 9.84 Å². The molecule has 0 amide bonds. The van der Waals surface area contributed by atoms with Crippen LogP contribution in [0.3, 0.4) is 0 Å². The zero-order valence-electron chi connectivity index (χ0n) is 18.4. The van der Waals surface area contributed by atoms with E-state index in [0.717, 1.165) is 5.56 Å². The summed E-state index contributed by atoms with van der Waals surface area (Å²) in [5, 5.41) is 14.2. The van der Waals surface area contributed by atoms with Crippen LogP contribution in [-0.4, -0.2) is 37.2 Å². The molecule has 0 bridgehead atoms. The van der Waals surface area contributed by atoms with E-state index in [1.807, 2.05) is 12.1 Å². The highest BCUT2D eigenvalue weighted by Gasteiger charge is 2.39. The summed E-state index contributed by atoms with van der Waals surface area (Å²) in [6.07, 6.45) is -0.623. The molecule has 0 saturated carbocycles. The molecule has 0 spiro atoms. The second kappa shape index (κ2) is 10.4. The molecule has 3 rings (SSSR count). The first-order valence-corrected chi connectivity index (χ1v) is 12.9. The van der Waals surface area contributed by atoms with Gasteiger partial charge in [-0.25, -0.2) is 12.8 Å². The molecule has 178 valence electrons. The summed E-state index contributed by atoms with van der Waals surface area (Å²) in [6.45, 7) is 6.87. The van der Waals surface area contributed by atoms with Crippen molar-refractivity contribution in [2.45, 2.75) is 51.3 Å². The summed E-state index contributed by atoms with van der Waals surface area (Å²) in [5.74, 6) is -1.35.